The molecular formula is C26H27F2N7O4S. The molecule has 1 fully saturated rings. The van der Waals surface area contributed by atoms with Gasteiger partial charge in [0.1, 0.15) is 28.7 Å². The Morgan fingerprint density at radius 3 is 2.60 bits per heavy atom. The van der Waals surface area contributed by atoms with E-state index < -0.39 is 22.9 Å². The molecule has 2 aromatic heterocycles. The molecule has 11 nitrogen and oxygen atoms in total. The summed E-state index contributed by atoms with van der Waals surface area (Å²) < 4.78 is 64.1. The van der Waals surface area contributed by atoms with E-state index in [-0.39, 0.29) is 35.6 Å². The van der Waals surface area contributed by atoms with E-state index in [9.17, 15) is 4.21 Å². The molecule has 0 amide bonds. The summed E-state index contributed by atoms with van der Waals surface area (Å²) in [5, 5.41) is 0.551. The fraction of sp³-hybridized carbons (Fsp3) is 0.308. The molecule has 4 N–H and O–H groups in total. The molecule has 3 heterocycles. The highest BCUT2D eigenvalue weighted by Gasteiger charge is 2.23. The third kappa shape index (κ3) is 5.84. The zero-order valence-electron chi connectivity index (χ0n) is 21.6. The van der Waals surface area contributed by atoms with Crippen LogP contribution in [0.3, 0.4) is 0 Å². The number of hydrogen-bond donors (Lipinski definition) is 3. The molecule has 210 valence electrons. The number of nitrogens with two attached hydrogens (primary N) is 1. The molecule has 1 saturated heterocycles. The van der Waals surface area contributed by atoms with Crippen LogP contribution < -0.4 is 20.1 Å². The molecule has 2 aromatic carbocycles. The van der Waals surface area contributed by atoms with Crippen molar-refractivity contribution in [3.8, 4) is 28.3 Å². The van der Waals surface area contributed by atoms with E-state index in [0.29, 0.717) is 66.6 Å². The summed E-state index contributed by atoms with van der Waals surface area (Å²) in [6, 6.07) is 5.80. The van der Waals surface area contributed by atoms with Crippen molar-refractivity contribution in [3.05, 3.63) is 53.9 Å². The zero-order chi connectivity index (χ0) is 28.2. The molecular weight excluding hydrogens is 544 g/mol. The molecule has 1 aliphatic heterocycles. The summed E-state index contributed by atoms with van der Waals surface area (Å²) in [5.74, 6) is -0.123. The smallest absolute Gasteiger partial charge is 0.231 e. The van der Waals surface area contributed by atoms with E-state index >= 15 is 8.78 Å². The first kappa shape index (κ1) is 27.7. The first-order valence-corrected chi connectivity index (χ1v) is 13.6. The Balaban J connectivity index is 1.65. The Kier molecular flexibility index (Phi) is 8.40. The van der Waals surface area contributed by atoms with Crippen molar-refractivity contribution in [1.29, 1.82) is 0 Å². The van der Waals surface area contributed by atoms with Gasteiger partial charge >= 0.3 is 0 Å². The van der Waals surface area contributed by atoms with Gasteiger partial charge in [-0.2, -0.15) is 0 Å². The van der Waals surface area contributed by atoms with Crippen LogP contribution >= 0.6 is 0 Å². The molecule has 0 radical (unpaired) electrons. The number of methoxy groups -OCH3 is 1. The molecule has 5 rings (SSSR count). The maximum Gasteiger partial charge on any atom is 0.231 e. The third-order valence-corrected chi connectivity index (χ3v) is 6.97. The molecule has 1 aliphatic rings. The minimum atomic E-state index is -2.16. The second-order valence-corrected chi connectivity index (χ2v) is 9.80. The van der Waals surface area contributed by atoms with Gasteiger partial charge in [0.05, 0.1) is 31.5 Å². The standard InChI is InChI=1S/C26H27F2N7O4S/c1-38-20-12-16(21-19(27)5-4-15(22(21)28)3-2-6-32-40(36)37)11-18-23(20)33-24(17-13-30-26(29)31-14-17)34-25(18)35-7-9-39-10-8-35/h4-5,11-14,32H,2-3,6-10H2,1H3,(H,36,37)(H2,29,30,31). The summed E-state index contributed by atoms with van der Waals surface area (Å²) in [6.07, 6.45) is 3.67. The summed E-state index contributed by atoms with van der Waals surface area (Å²) in [6.45, 7) is 2.29. The first-order valence-electron chi connectivity index (χ1n) is 12.5. The third-order valence-electron chi connectivity index (χ3n) is 6.51. The summed E-state index contributed by atoms with van der Waals surface area (Å²) >= 11 is -2.16. The van der Waals surface area contributed by atoms with Gasteiger partial charge in [-0.1, -0.05) is 6.07 Å². The number of nitrogens with zero attached hydrogens (tertiary/aromatic N) is 5. The lowest BCUT2D eigenvalue weighted by Crippen LogP contribution is -2.37. The number of hydrogen-bond acceptors (Lipinski definition) is 9. The number of ether oxygens (including phenoxy) is 2. The lowest BCUT2D eigenvalue weighted by Gasteiger charge is -2.29. The van der Waals surface area contributed by atoms with E-state index in [1.807, 2.05) is 4.90 Å². The second kappa shape index (κ2) is 12.1. The summed E-state index contributed by atoms with van der Waals surface area (Å²) in [4.78, 5) is 19.6. The minimum Gasteiger partial charge on any atom is -0.494 e. The van der Waals surface area contributed by atoms with Crippen LogP contribution in [0.4, 0.5) is 20.5 Å². The number of rotatable bonds is 9. The predicted molar refractivity (Wildman–Crippen MR) is 147 cm³/mol. The number of aryl methyl sites for hydroxylation is 1. The van der Waals surface area contributed by atoms with Gasteiger partial charge < -0.3 is 20.1 Å². The fourth-order valence-corrected chi connectivity index (χ4v) is 4.89. The normalized spacial score (nSPS) is 14.4. The van der Waals surface area contributed by atoms with E-state index in [1.165, 1.54) is 31.6 Å². The highest BCUT2D eigenvalue weighted by molar-refractivity contribution is 7.77. The predicted octanol–water partition coefficient (Wildman–Crippen LogP) is 3.12. The van der Waals surface area contributed by atoms with Crippen LogP contribution in [0.25, 0.3) is 33.4 Å². The number of benzene rings is 2. The van der Waals surface area contributed by atoms with Crippen LogP contribution in [0.15, 0.2) is 36.7 Å². The zero-order valence-corrected chi connectivity index (χ0v) is 22.4. The Hall–Kier alpha value is -3.85. The molecule has 4 aromatic rings. The van der Waals surface area contributed by atoms with Crippen molar-refractivity contribution in [2.24, 2.45) is 0 Å². The summed E-state index contributed by atoms with van der Waals surface area (Å²) in [7, 11) is 1.46. The maximum atomic E-state index is 15.7. The van der Waals surface area contributed by atoms with Crippen molar-refractivity contribution in [2.75, 3.05) is 50.6 Å². The quantitative estimate of drug-likeness (QED) is 0.202. The van der Waals surface area contributed by atoms with Crippen LogP contribution in [-0.2, 0) is 22.4 Å². The van der Waals surface area contributed by atoms with Gasteiger partial charge in [-0.05, 0) is 42.2 Å². The van der Waals surface area contributed by atoms with Crippen molar-refractivity contribution < 1.29 is 27.0 Å². The van der Waals surface area contributed by atoms with E-state index in [4.69, 9.17) is 29.7 Å². The number of fused-ring (bicyclic) bond motifs is 1. The topological polar surface area (TPSA) is 149 Å². The van der Waals surface area contributed by atoms with Gasteiger partial charge in [-0.15, -0.1) is 0 Å². The lowest BCUT2D eigenvalue weighted by atomic mass is 9.97. The van der Waals surface area contributed by atoms with Crippen molar-refractivity contribution in [1.82, 2.24) is 24.7 Å². The molecule has 0 aliphatic carbocycles. The number of halogens is 2. The molecule has 0 spiro atoms. The largest absolute Gasteiger partial charge is 0.494 e. The van der Waals surface area contributed by atoms with Gasteiger partial charge in [0.25, 0.3) is 0 Å². The van der Waals surface area contributed by atoms with Gasteiger partial charge in [-0.25, -0.2) is 37.6 Å². The number of aromatic nitrogens is 4. The van der Waals surface area contributed by atoms with Gasteiger partial charge in [0.15, 0.2) is 5.82 Å². The highest BCUT2D eigenvalue weighted by Crippen LogP contribution is 2.39. The first-order chi connectivity index (χ1) is 19.4. The van der Waals surface area contributed by atoms with Gasteiger partial charge in [-0.3, -0.25) is 4.55 Å². The van der Waals surface area contributed by atoms with Crippen molar-refractivity contribution >= 4 is 33.9 Å². The maximum absolute atomic E-state index is 15.7. The van der Waals surface area contributed by atoms with Gasteiger partial charge in [0, 0.05) is 37.4 Å². The Morgan fingerprint density at radius 1 is 1.15 bits per heavy atom. The van der Waals surface area contributed by atoms with Crippen LogP contribution in [0.1, 0.15) is 12.0 Å². The highest BCUT2D eigenvalue weighted by atomic mass is 32.2. The molecule has 14 heteroatoms. The number of anilines is 2. The van der Waals surface area contributed by atoms with E-state index in [1.54, 1.807) is 12.1 Å². The van der Waals surface area contributed by atoms with Crippen LogP contribution in [-0.4, -0.2) is 68.7 Å². The van der Waals surface area contributed by atoms with Gasteiger partial charge in [0.2, 0.25) is 17.2 Å². The van der Waals surface area contributed by atoms with Crippen LogP contribution in [0, 0.1) is 11.6 Å². The molecule has 0 saturated carbocycles. The van der Waals surface area contributed by atoms with Crippen molar-refractivity contribution in [3.63, 3.8) is 0 Å². The Morgan fingerprint density at radius 2 is 1.90 bits per heavy atom. The molecule has 1 unspecified atom stereocenters. The molecule has 1 atom stereocenters. The Labute approximate surface area is 231 Å². The van der Waals surface area contributed by atoms with E-state index in [2.05, 4.69) is 14.7 Å². The monoisotopic (exact) mass is 571 g/mol. The second-order valence-electron chi connectivity index (χ2n) is 9.02. The van der Waals surface area contributed by atoms with Crippen LogP contribution in [0.2, 0.25) is 0 Å². The fourth-order valence-electron chi connectivity index (χ4n) is 4.58. The van der Waals surface area contributed by atoms with Crippen molar-refractivity contribution in [2.45, 2.75) is 12.8 Å². The average Bonchev–Trinajstić information content (AvgIpc) is 2.96. The van der Waals surface area contributed by atoms with E-state index in [0.717, 1.165) is 0 Å². The SMILES string of the molecule is COc1cc(-c2c(F)ccc(CCCNS(=O)O)c2F)cc2c(N3CCOCC3)nc(-c3cnc(N)nc3)nc12. The molecule has 0 bridgehead atoms. The number of nitrogens with one attached hydrogen (secondary N) is 1. The number of nitrogen functional groups attached to an aromatic ring is 1. The lowest BCUT2D eigenvalue weighted by molar-refractivity contribution is 0.122. The average molecular weight is 572 g/mol. The molecule has 40 heavy (non-hydrogen) atoms. The number of morpholine rings is 1. The minimum absolute atomic E-state index is 0.117. The summed E-state index contributed by atoms with van der Waals surface area (Å²) in [5.41, 5.74) is 6.98. The Bertz CT molecular complexity index is 1550. The van der Waals surface area contributed by atoms with Crippen LogP contribution in [0.5, 0.6) is 5.75 Å².